The highest BCUT2D eigenvalue weighted by Crippen LogP contribution is 2.34. The predicted octanol–water partition coefficient (Wildman–Crippen LogP) is 3.53. The molecule has 0 spiro atoms. The van der Waals surface area contributed by atoms with E-state index in [4.69, 9.17) is 0 Å². The van der Waals surface area contributed by atoms with Crippen molar-refractivity contribution in [1.29, 1.82) is 0 Å². The van der Waals surface area contributed by atoms with Crippen molar-refractivity contribution < 1.29 is 13.1 Å². The predicted molar refractivity (Wildman–Crippen MR) is 83.2 cm³/mol. The van der Waals surface area contributed by atoms with Crippen molar-refractivity contribution in [2.45, 2.75) is 20.3 Å². The summed E-state index contributed by atoms with van der Waals surface area (Å²) in [5.41, 5.74) is 3.48. The van der Waals surface area contributed by atoms with Crippen molar-refractivity contribution in [3.8, 4) is 0 Å². The summed E-state index contributed by atoms with van der Waals surface area (Å²) < 4.78 is 32.9. The lowest BCUT2D eigenvalue weighted by Crippen LogP contribution is -2.50. The molecule has 0 unspecified atom stereocenters. The van der Waals surface area contributed by atoms with Crippen molar-refractivity contribution in [1.82, 2.24) is 4.48 Å². The Morgan fingerprint density at radius 3 is 2.74 bits per heavy atom. The number of aromatic nitrogens is 1. The molecule has 0 radical (unpaired) electrons. The molecule has 0 atom stereocenters. The number of aryl methyl sites for hydroxylation is 2. The minimum absolute atomic E-state index is 0.610. The van der Waals surface area contributed by atoms with E-state index in [0.29, 0.717) is 29.2 Å². The van der Waals surface area contributed by atoms with E-state index >= 15 is 0 Å². The van der Waals surface area contributed by atoms with Gasteiger partial charge in [0.05, 0.1) is 0 Å². The second-order valence-electron chi connectivity index (χ2n) is 5.02. The smallest absolute Gasteiger partial charge is 0.394 e. The lowest BCUT2D eigenvalue weighted by atomic mass is 9.90. The first-order valence-electron chi connectivity index (χ1n) is 6.28. The second kappa shape index (κ2) is 4.29. The third-order valence-corrected chi connectivity index (χ3v) is 4.30. The molecular weight excluding hydrogens is 360 g/mol. The van der Waals surface area contributed by atoms with E-state index in [1.165, 1.54) is 8.96 Å². The van der Waals surface area contributed by atoms with E-state index in [0.717, 1.165) is 9.99 Å². The largest absolute Gasteiger partial charge is 0.737 e. The standard InChI is InChI=1S/C13H14BF2IN2/c1-9-7-10(2)18-13(9)8-12-4-3-11(5-6-17)19(12)14(18,15)16/h3-4,7-8H,5-6H2,1-2H3. The number of alkyl halides is 1. The molecule has 0 bridgehead atoms. The molecule has 0 saturated heterocycles. The van der Waals surface area contributed by atoms with Gasteiger partial charge in [0.25, 0.3) is 0 Å². The lowest BCUT2D eigenvalue weighted by molar-refractivity contribution is -0.362. The molecule has 2 aliphatic heterocycles. The molecule has 1 aromatic rings. The first-order valence-corrected chi connectivity index (χ1v) is 7.81. The van der Waals surface area contributed by atoms with Gasteiger partial charge in [-0.3, -0.25) is 0 Å². The van der Waals surface area contributed by atoms with E-state index in [9.17, 15) is 8.63 Å². The van der Waals surface area contributed by atoms with Gasteiger partial charge >= 0.3 is 6.97 Å². The summed E-state index contributed by atoms with van der Waals surface area (Å²) in [7, 11) is 0. The SMILES string of the molecule is Cc1cc(C)n2c1C=C1C=CC(CCI)=[N+]1[B-]2(F)F. The van der Waals surface area contributed by atoms with Gasteiger partial charge in [-0.2, -0.15) is 0 Å². The van der Waals surface area contributed by atoms with Crippen LogP contribution >= 0.6 is 22.6 Å². The third-order valence-electron chi connectivity index (χ3n) is 3.76. The van der Waals surface area contributed by atoms with Gasteiger partial charge in [0.1, 0.15) is 5.71 Å². The molecule has 0 N–H and O–H groups in total. The molecule has 19 heavy (non-hydrogen) atoms. The third kappa shape index (κ3) is 1.75. The van der Waals surface area contributed by atoms with Gasteiger partial charge in [-0.1, -0.05) is 22.6 Å². The molecule has 1 aromatic heterocycles. The number of rotatable bonds is 2. The summed E-state index contributed by atoms with van der Waals surface area (Å²) in [5, 5.41) is 0. The molecule has 2 nitrogen and oxygen atoms in total. The minimum atomic E-state index is -3.77. The molecule has 0 fully saturated rings. The molecule has 0 aliphatic carbocycles. The normalized spacial score (nSPS) is 19.5. The molecule has 3 heterocycles. The summed E-state index contributed by atoms with van der Waals surface area (Å²) in [4.78, 5) is 0. The van der Waals surface area contributed by atoms with Crippen molar-refractivity contribution in [3.63, 3.8) is 0 Å². The van der Waals surface area contributed by atoms with Gasteiger partial charge < -0.3 is 17.6 Å². The van der Waals surface area contributed by atoms with Crippen LogP contribution in [0.5, 0.6) is 0 Å². The van der Waals surface area contributed by atoms with Crippen LogP contribution in [0.15, 0.2) is 23.9 Å². The van der Waals surface area contributed by atoms with E-state index < -0.39 is 6.97 Å². The van der Waals surface area contributed by atoms with Crippen LogP contribution in [-0.4, -0.2) is 26.1 Å². The number of allylic oxidation sites excluding steroid dienone is 2. The Kier molecular flexibility index (Phi) is 2.96. The van der Waals surface area contributed by atoms with Crippen molar-refractivity contribution in [3.05, 3.63) is 40.9 Å². The molecule has 0 aromatic carbocycles. The fourth-order valence-electron chi connectivity index (χ4n) is 2.99. The maximum atomic E-state index is 14.8. The topological polar surface area (TPSA) is 7.94 Å². The Hall–Kier alpha value is -0.915. The number of fused-ring (bicyclic) bond motifs is 2. The van der Waals surface area contributed by atoms with Gasteiger partial charge in [-0.25, -0.2) is 0 Å². The monoisotopic (exact) mass is 374 g/mol. The Morgan fingerprint density at radius 2 is 2.05 bits per heavy atom. The summed E-state index contributed by atoms with van der Waals surface area (Å²) in [6.45, 7) is -0.149. The van der Waals surface area contributed by atoms with Crippen LogP contribution in [0, 0.1) is 13.8 Å². The first kappa shape index (κ1) is 13.1. The molecule has 2 aliphatic rings. The number of hydrogen-bond donors (Lipinski definition) is 0. The highest BCUT2D eigenvalue weighted by atomic mass is 127. The van der Waals surface area contributed by atoms with Gasteiger partial charge in [0.2, 0.25) is 0 Å². The molecule has 6 heteroatoms. The zero-order chi connectivity index (χ0) is 13.8. The van der Waals surface area contributed by atoms with Crippen LogP contribution in [0.1, 0.15) is 23.4 Å². The van der Waals surface area contributed by atoms with E-state index in [-0.39, 0.29) is 0 Å². The minimum Gasteiger partial charge on any atom is -0.394 e. The zero-order valence-corrected chi connectivity index (χ0v) is 13.0. The second-order valence-corrected chi connectivity index (χ2v) is 6.09. The summed E-state index contributed by atoms with van der Waals surface area (Å²) >= 11 is 2.22. The summed E-state index contributed by atoms with van der Waals surface area (Å²) in [5.74, 6) is 0. The Bertz CT molecular complexity index is 656. The average Bonchev–Trinajstić information content (AvgIpc) is 2.83. The van der Waals surface area contributed by atoms with Crippen molar-refractivity contribution in [2.75, 3.05) is 4.43 Å². The summed E-state index contributed by atoms with van der Waals surface area (Å²) in [6.07, 6.45) is 6.14. The highest BCUT2D eigenvalue weighted by Gasteiger charge is 2.52. The van der Waals surface area contributed by atoms with Gasteiger partial charge in [-0.15, -0.1) is 0 Å². The van der Waals surface area contributed by atoms with E-state index in [1.807, 2.05) is 25.1 Å². The zero-order valence-electron chi connectivity index (χ0n) is 10.8. The lowest BCUT2D eigenvalue weighted by Gasteiger charge is -2.30. The van der Waals surface area contributed by atoms with Gasteiger partial charge in [0, 0.05) is 34.8 Å². The Morgan fingerprint density at radius 1 is 1.32 bits per heavy atom. The maximum Gasteiger partial charge on any atom is 0.737 e. The highest BCUT2D eigenvalue weighted by molar-refractivity contribution is 14.1. The van der Waals surface area contributed by atoms with Crippen molar-refractivity contribution in [2.24, 2.45) is 0 Å². The molecule has 3 rings (SSSR count). The van der Waals surface area contributed by atoms with Crippen LogP contribution in [0.4, 0.5) is 8.63 Å². The van der Waals surface area contributed by atoms with Gasteiger partial charge in [-0.05, 0) is 31.2 Å². The molecule has 100 valence electrons. The maximum absolute atomic E-state index is 14.8. The van der Waals surface area contributed by atoms with Gasteiger partial charge in [0.15, 0.2) is 5.70 Å². The molecule has 0 amide bonds. The fourth-order valence-corrected chi connectivity index (χ4v) is 3.55. The van der Waals surface area contributed by atoms with Crippen molar-refractivity contribution >= 4 is 41.3 Å². The molecule has 0 saturated carbocycles. The van der Waals surface area contributed by atoms with Crippen LogP contribution in [0.2, 0.25) is 0 Å². The Labute approximate surface area is 124 Å². The first-order chi connectivity index (χ1) is 8.96. The average molecular weight is 374 g/mol. The number of halogens is 3. The van der Waals surface area contributed by atoms with Crippen LogP contribution in [0.3, 0.4) is 0 Å². The summed E-state index contributed by atoms with van der Waals surface area (Å²) in [6, 6.07) is 1.83. The number of hydrogen-bond acceptors (Lipinski definition) is 0. The van der Waals surface area contributed by atoms with Crippen LogP contribution in [-0.2, 0) is 0 Å². The number of nitrogens with zero attached hydrogens (tertiary/aromatic N) is 2. The Balaban J connectivity index is 2.28. The van der Waals surface area contributed by atoms with Crippen LogP contribution in [0.25, 0.3) is 6.08 Å². The van der Waals surface area contributed by atoms with Crippen LogP contribution < -0.4 is 0 Å². The quantitative estimate of drug-likeness (QED) is 0.425. The fraction of sp³-hybridized carbons (Fsp3) is 0.308. The molecular formula is C13H14BF2IN2. The van der Waals surface area contributed by atoms with E-state index in [1.54, 1.807) is 13.0 Å². The van der Waals surface area contributed by atoms with E-state index in [2.05, 4.69) is 22.6 Å².